The SMILES string of the molecule is CCCc1ccncc1C#Cc1cc(Cl)ccc1OCC(=O)OC(C)(C)C. The van der Waals surface area contributed by atoms with Crippen molar-refractivity contribution in [1.82, 2.24) is 4.98 Å². The van der Waals surface area contributed by atoms with Crippen molar-refractivity contribution in [3.05, 3.63) is 58.4 Å². The lowest BCUT2D eigenvalue weighted by molar-refractivity contribution is -0.157. The number of ether oxygens (including phenoxy) is 2. The van der Waals surface area contributed by atoms with Crippen molar-refractivity contribution >= 4 is 17.6 Å². The number of aromatic nitrogens is 1. The van der Waals surface area contributed by atoms with E-state index in [0.29, 0.717) is 16.3 Å². The molecule has 0 aliphatic rings. The Bertz CT molecular complexity index is 860. The molecular weight excluding hydrogens is 362 g/mol. The maximum atomic E-state index is 11.9. The molecule has 2 rings (SSSR count). The summed E-state index contributed by atoms with van der Waals surface area (Å²) in [6.07, 6.45) is 5.49. The van der Waals surface area contributed by atoms with E-state index in [-0.39, 0.29) is 6.61 Å². The van der Waals surface area contributed by atoms with E-state index in [2.05, 4.69) is 23.7 Å². The monoisotopic (exact) mass is 385 g/mol. The number of carbonyl (C=O) groups is 1. The molecule has 27 heavy (non-hydrogen) atoms. The van der Waals surface area contributed by atoms with Crippen LogP contribution in [0.15, 0.2) is 36.7 Å². The number of nitrogens with zero attached hydrogens (tertiary/aromatic N) is 1. The Labute approximate surface area is 165 Å². The average Bonchev–Trinajstić information content (AvgIpc) is 2.59. The van der Waals surface area contributed by atoms with E-state index in [1.165, 1.54) is 0 Å². The molecule has 0 spiro atoms. The van der Waals surface area contributed by atoms with Gasteiger partial charge in [-0.3, -0.25) is 4.98 Å². The van der Waals surface area contributed by atoms with Gasteiger partial charge in [0.2, 0.25) is 0 Å². The van der Waals surface area contributed by atoms with E-state index in [1.807, 2.05) is 26.8 Å². The molecule has 0 bridgehead atoms. The zero-order valence-electron chi connectivity index (χ0n) is 16.1. The highest BCUT2D eigenvalue weighted by atomic mass is 35.5. The zero-order valence-corrected chi connectivity index (χ0v) is 16.9. The normalized spacial score (nSPS) is 10.7. The van der Waals surface area contributed by atoms with Crippen molar-refractivity contribution in [1.29, 1.82) is 0 Å². The first-order chi connectivity index (χ1) is 12.8. The fourth-order valence-corrected chi connectivity index (χ4v) is 2.56. The van der Waals surface area contributed by atoms with Crippen LogP contribution in [0.25, 0.3) is 0 Å². The van der Waals surface area contributed by atoms with Crippen molar-refractivity contribution in [2.75, 3.05) is 6.61 Å². The van der Waals surface area contributed by atoms with Crippen molar-refractivity contribution in [3.8, 4) is 17.6 Å². The number of carbonyl (C=O) groups excluding carboxylic acids is 1. The van der Waals surface area contributed by atoms with Crippen LogP contribution in [0.1, 0.15) is 50.8 Å². The summed E-state index contributed by atoms with van der Waals surface area (Å²) in [5, 5.41) is 0.545. The summed E-state index contributed by atoms with van der Waals surface area (Å²) < 4.78 is 10.9. The summed E-state index contributed by atoms with van der Waals surface area (Å²) in [5.41, 5.74) is 2.08. The minimum Gasteiger partial charge on any atom is -0.481 e. The number of pyridine rings is 1. The number of halogens is 1. The molecular formula is C22H24ClNO3. The molecule has 0 radical (unpaired) electrons. The topological polar surface area (TPSA) is 48.4 Å². The van der Waals surface area contributed by atoms with Gasteiger partial charge < -0.3 is 9.47 Å². The van der Waals surface area contributed by atoms with Crippen molar-refractivity contribution in [2.24, 2.45) is 0 Å². The van der Waals surface area contributed by atoms with Gasteiger partial charge in [0.25, 0.3) is 0 Å². The molecule has 0 atom stereocenters. The Morgan fingerprint density at radius 3 is 2.63 bits per heavy atom. The molecule has 1 aromatic carbocycles. The molecule has 0 fully saturated rings. The zero-order chi connectivity index (χ0) is 19.9. The number of hydrogen-bond donors (Lipinski definition) is 0. The van der Waals surface area contributed by atoms with Crippen LogP contribution in [0.3, 0.4) is 0 Å². The first kappa shape index (κ1) is 20.8. The number of benzene rings is 1. The van der Waals surface area contributed by atoms with Gasteiger partial charge in [-0.2, -0.15) is 0 Å². The smallest absolute Gasteiger partial charge is 0.344 e. The summed E-state index contributed by atoms with van der Waals surface area (Å²) in [6.45, 7) is 7.36. The van der Waals surface area contributed by atoms with E-state index in [9.17, 15) is 4.79 Å². The number of aryl methyl sites for hydroxylation is 1. The highest BCUT2D eigenvalue weighted by Crippen LogP contribution is 2.23. The van der Waals surface area contributed by atoms with E-state index >= 15 is 0 Å². The lowest BCUT2D eigenvalue weighted by Gasteiger charge is -2.19. The number of rotatable bonds is 5. The van der Waals surface area contributed by atoms with Gasteiger partial charge in [0, 0.05) is 23.0 Å². The lowest BCUT2D eigenvalue weighted by atomic mass is 10.1. The van der Waals surface area contributed by atoms with Gasteiger partial charge in [0.15, 0.2) is 6.61 Å². The lowest BCUT2D eigenvalue weighted by Crippen LogP contribution is -2.27. The van der Waals surface area contributed by atoms with Crippen LogP contribution in [-0.2, 0) is 16.0 Å². The standard InChI is InChI=1S/C22H24ClNO3/c1-5-6-16-11-12-24-14-18(16)8-7-17-13-19(23)9-10-20(17)26-15-21(25)27-22(2,3)4/h9-14H,5-6,15H2,1-4H3. The minimum absolute atomic E-state index is 0.193. The third-order valence-electron chi connectivity index (χ3n) is 3.47. The van der Waals surface area contributed by atoms with E-state index in [0.717, 1.165) is 24.0 Å². The molecule has 4 nitrogen and oxygen atoms in total. The van der Waals surface area contributed by atoms with Crippen LogP contribution in [0.5, 0.6) is 5.75 Å². The van der Waals surface area contributed by atoms with Gasteiger partial charge in [-0.25, -0.2) is 4.79 Å². The van der Waals surface area contributed by atoms with Gasteiger partial charge in [-0.1, -0.05) is 36.8 Å². The van der Waals surface area contributed by atoms with Crippen LogP contribution in [-0.4, -0.2) is 23.2 Å². The highest BCUT2D eigenvalue weighted by Gasteiger charge is 2.17. The number of esters is 1. The Balaban J connectivity index is 2.21. The first-order valence-corrected chi connectivity index (χ1v) is 9.25. The van der Waals surface area contributed by atoms with E-state index < -0.39 is 11.6 Å². The molecule has 0 amide bonds. The fraction of sp³-hybridized carbons (Fsp3) is 0.364. The molecule has 1 aromatic heterocycles. The van der Waals surface area contributed by atoms with Gasteiger partial charge >= 0.3 is 5.97 Å². The quantitative estimate of drug-likeness (QED) is 0.547. The molecule has 0 aliphatic carbocycles. The van der Waals surface area contributed by atoms with Crippen LogP contribution in [0, 0.1) is 11.8 Å². The molecule has 2 aromatic rings. The summed E-state index contributed by atoms with van der Waals surface area (Å²) in [4.78, 5) is 16.0. The Kier molecular flexibility index (Phi) is 7.27. The van der Waals surface area contributed by atoms with Crippen molar-refractivity contribution < 1.29 is 14.3 Å². The van der Waals surface area contributed by atoms with Crippen LogP contribution in [0.4, 0.5) is 0 Å². The largest absolute Gasteiger partial charge is 0.481 e. The predicted octanol–water partition coefficient (Wildman–Crippen LogP) is 4.81. The van der Waals surface area contributed by atoms with E-state index in [4.69, 9.17) is 21.1 Å². The second kappa shape index (κ2) is 9.43. The average molecular weight is 386 g/mol. The number of hydrogen-bond acceptors (Lipinski definition) is 4. The molecule has 1 heterocycles. The van der Waals surface area contributed by atoms with E-state index in [1.54, 1.807) is 30.6 Å². The molecule has 0 unspecified atom stereocenters. The highest BCUT2D eigenvalue weighted by molar-refractivity contribution is 6.30. The molecule has 0 aliphatic heterocycles. The first-order valence-electron chi connectivity index (χ1n) is 8.87. The molecule has 5 heteroatoms. The predicted molar refractivity (Wildman–Crippen MR) is 107 cm³/mol. The van der Waals surface area contributed by atoms with Crippen LogP contribution >= 0.6 is 11.6 Å². The van der Waals surface area contributed by atoms with Crippen LogP contribution < -0.4 is 4.74 Å². The third kappa shape index (κ3) is 6.96. The Hall–Kier alpha value is -2.51. The third-order valence-corrected chi connectivity index (χ3v) is 3.70. The second-order valence-corrected chi connectivity index (χ2v) is 7.48. The molecule has 142 valence electrons. The maximum absolute atomic E-state index is 11.9. The summed E-state index contributed by atoms with van der Waals surface area (Å²) >= 11 is 6.10. The van der Waals surface area contributed by atoms with Gasteiger partial charge in [0.05, 0.1) is 5.56 Å². The molecule has 0 N–H and O–H groups in total. The molecule has 0 saturated carbocycles. The Morgan fingerprint density at radius 1 is 1.19 bits per heavy atom. The second-order valence-electron chi connectivity index (χ2n) is 7.05. The van der Waals surface area contributed by atoms with Crippen LogP contribution in [0.2, 0.25) is 5.02 Å². The van der Waals surface area contributed by atoms with Crippen molar-refractivity contribution in [2.45, 2.75) is 46.1 Å². The summed E-state index contributed by atoms with van der Waals surface area (Å²) in [7, 11) is 0. The summed E-state index contributed by atoms with van der Waals surface area (Å²) in [5.74, 6) is 6.28. The summed E-state index contributed by atoms with van der Waals surface area (Å²) in [6, 6.07) is 7.09. The van der Waals surface area contributed by atoms with Crippen molar-refractivity contribution in [3.63, 3.8) is 0 Å². The van der Waals surface area contributed by atoms with Gasteiger partial charge in [-0.05, 0) is 57.0 Å². The van der Waals surface area contributed by atoms with Gasteiger partial charge in [-0.15, -0.1) is 0 Å². The van der Waals surface area contributed by atoms with Gasteiger partial charge in [0.1, 0.15) is 11.4 Å². The maximum Gasteiger partial charge on any atom is 0.344 e. The fourth-order valence-electron chi connectivity index (χ4n) is 2.39. The minimum atomic E-state index is -0.556. The Morgan fingerprint density at radius 2 is 1.93 bits per heavy atom. The molecule has 0 saturated heterocycles.